The highest BCUT2D eigenvalue weighted by Gasteiger charge is 2.41. The molecule has 138 valence electrons. The first-order chi connectivity index (χ1) is 13.2. The van der Waals surface area contributed by atoms with Gasteiger partial charge in [-0.2, -0.15) is 5.26 Å². The average molecular weight is 361 g/mol. The lowest BCUT2D eigenvalue weighted by Gasteiger charge is -2.33. The molecule has 6 heteroatoms. The zero-order chi connectivity index (χ0) is 18.4. The van der Waals surface area contributed by atoms with Crippen LogP contribution in [-0.4, -0.2) is 37.3 Å². The van der Waals surface area contributed by atoms with Crippen molar-refractivity contribution in [1.29, 1.82) is 5.26 Å². The molecule has 0 unspecified atom stereocenters. The fourth-order valence-electron chi connectivity index (χ4n) is 4.77. The second-order valence-corrected chi connectivity index (χ2v) is 7.63. The molecule has 1 saturated heterocycles. The molecule has 0 radical (unpaired) electrons. The third kappa shape index (κ3) is 2.75. The number of pyridine rings is 1. The number of fused-ring (bicyclic) bond motifs is 3. The zero-order valence-corrected chi connectivity index (χ0v) is 15.5. The minimum absolute atomic E-state index is 0.419. The van der Waals surface area contributed by atoms with E-state index < -0.39 is 0 Å². The van der Waals surface area contributed by atoms with Crippen molar-refractivity contribution in [2.75, 3.05) is 36.5 Å². The number of nitriles is 1. The van der Waals surface area contributed by atoms with Gasteiger partial charge in [0.25, 0.3) is 0 Å². The molecule has 0 amide bonds. The van der Waals surface area contributed by atoms with E-state index in [9.17, 15) is 5.26 Å². The van der Waals surface area contributed by atoms with Crippen molar-refractivity contribution >= 4 is 17.1 Å². The Hall–Kier alpha value is -2.62. The summed E-state index contributed by atoms with van der Waals surface area (Å²) in [6.07, 6.45) is 2.90. The van der Waals surface area contributed by atoms with Crippen LogP contribution in [0.4, 0.5) is 17.1 Å². The molecule has 3 aliphatic rings. The van der Waals surface area contributed by atoms with Gasteiger partial charge >= 0.3 is 0 Å². The summed E-state index contributed by atoms with van der Waals surface area (Å²) in [4.78, 5) is 6.82. The van der Waals surface area contributed by atoms with Gasteiger partial charge in [0, 0.05) is 48.2 Å². The van der Waals surface area contributed by atoms with Gasteiger partial charge in [0.15, 0.2) is 5.69 Å². The van der Waals surface area contributed by atoms with Crippen LogP contribution in [0.3, 0.4) is 0 Å². The van der Waals surface area contributed by atoms with Crippen LogP contribution in [0.15, 0.2) is 24.4 Å². The van der Waals surface area contributed by atoms with Crippen LogP contribution < -0.4 is 15.5 Å². The van der Waals surface area contributed by atoms with Crippen molar-refractivity contribution in [3.8, 4) is 6.07 Å². The molecule has 0 aliphatic carbocycles. The lowest BCUT2D eigenvalue weighted by molar-refractivity contribution is 0.130. The molecular weight excluding hydrogens is 338 g/mol. The highest BCUT2D eigenvalue weighted by atomic mass is 16.5. The zero-order valence-electron chi connectivity index (χ0n) is 15.5. The van der Waals surface area contributed by atoms with Crippen LogP contribution in [0.2, 0.25) is 0 Å². The molecule has 4 heterocycles. The molecule has 0 bridgehead atoms. The van der Waals surface area contributed by atoms with Crippen molar-refractivity contribution < 1.29 is 4.74 Å². The molecule has 1 fully saturated rings. The largest absolute Gasteiger partial charge is 0.375 e. The van der Waals surface area contributed by atoms with Crippen LogP contribution in [-0.2, 0) is 11.3 Å². The van der Waals surface area contributed by atoms with E-state index in [4.69, 9.17) is 4.74 Å². The fourth-order valence-corrected chi connectivity index (χ4v) is 4.77. The van der Waals surface area contributed by atoms with Crippen LogP contribution in [0.5, 0.6) is 0 Å². The van der Waals surface area contributed by atoms with E-state index in [0.717, 1.165) is 43.2 Å². The average Bonchev–Trinajstić information content (AvgIpc) is 2.84. The SMILES string of the molecule is Cc1cnc(C#N)c(Nc2cc3c4c(c2)[C@@H]2CNCC[C@@H]2N4CCOC3)c1. The van der Waals surface area contributed by atoms with Gasteiger partial charge in [-0.25, -0.2) is 4.98 Å². The first-order valence-corrected chi connectivity index (χ1v) is 9.60. The maximum absolute atomic E-state index is 9.39. The van der Waals surface area contributed by atoms with Crippen LogP contribution in [0.25, 0.3) is 0 Å². The molecule has 1 aromatic carbocycles. The molecule has 1 aromatic heterocycles. The number of rotatable bonds is 2. The molecular formula is C21H23N5O. The minimum atomic E-state index is 0.419. The number of aryl methyl sites for hydroxylation is 1. The van der Waals surface area contributed by atoms with E-state index in [2.05, 4.69) is 38.7 Å². The van der Waals surface area contributed by atoms with Gasteiger partial charge in [-0.15, -0.1) is 0 Å². The van der Waals surface area contributed by atoms with Crippen LogP contribution in [0.1, 0.15) is 34.7 Å². The van der Waals surface area contributed by atoms with E-state index in [1.807, 2.05) is 13.0 Å². The maximum atomic E-state index is 9.39. The number of aromatic nitrogens is 1. The molecule has 2 N–H and O–H groups in total. The number of nitrogens with zero attached hydrogens (tertiary/aromatic N) is 3. The van der Waals surface area contributed by atoms with Crippen molar-refractivity contribution in [2.24, 2.45) is 0 Å². The van der Waals surface area contributed by atoms with E-state index in [-0.39, 0.29) is 0 Å². The van der Waals surface area contributed by atoms with E-state index in [1.165, 1.54) is 23.2 Å². The van der Waals surface area contributed by atoms with Crippen molar-refractivity contribution in [3.63, 3.8) is 0 Å². The summed E-state index contributed by atoms with van der Waals surface area (Å²) in [5, 5.41) is 16.4. The molecule has 2 atom stereocenters. The third-order valence-corrected chi connectivity index (χ3v) is 5.89. The van der Waals surface area contributed by atoms with Gasteiger partial charge in [-0.3, -0.25) is 0 Å². The third-order valence-electron chi connectivity index (χ3n) is 5.89. The smallest absolute Gasteiger partial charge is 0.163 e. The van der Waals surface area contributed by atoms with Gasteiger partial charge < -0.3 is 20.3 Å². The van der Waals surface area contributed by atoms with E-state index in [1.54, 1.807) is 6.20 Å². The highest BCUT2D eigenvalue weighted by molar-refractivity contribution is 5.75. The first-order valence-electron chi connectivity index (χ1n) is 9.60. The summed E-state index contributed by atoms with van der Waals surface area (Å²) >= 11 is 0. The van der Waals surface area contributed by atoms with Gasteiger partial charge in [0.1, 0.15) is 6.07 Å². The second kappa shape index (κ2) is 6.52. The Morgan fingerprint density at radius 1 is 1.37 bits per heavy atom. The standard InChI is InChI=1S/C21H23N5O/c1-13-6-18(19(9-22)24-10-13)25-15-7-14-12-27-5-4-26-20-2-3-23-11-17(20)16(8-15)21(14)26/h6-8,10,17,20,23,25H,2-5,11-12H2,1H3/t17-,20-/m0/s1. The molecule has 27 heavy (non-hydrogen) atoms. The van der Waals surface area contributed by atoms with Crippen molar-refractivity contribution in [1.82, 2.24) is 10.3 Å². The normalized spacial score (nSPS) is 23.2. The lowest BCUT2D eigenvalue weighted by atomic mass is 9.89. The van der Waals surface area contributed by atoms with E-state index in [0.29, 0.717) is 24.3 Å². The lowest BCUT2D eigenvalue weighted by Crippen LogP contribution is -2.44. The summed E-state index contributed by atoms with van der Waals surface area (Å²) in [5.74, 6) is 0.512. The first kappa shape index (κ1) is 16.5. The predicted octanol–water partition coefficient (Wildman–Crippen LogP) is 2.80. The highest BCUT2D eigenvalue weighted by Crippen LogP contribution is 2.47. The van der Waals surface area contributed by atoms with Crippen molar-refractivity contribution in [2.45, 2.75) is 31.9 Å². The Morgan fingerprint density at radius 2 is 2.30 bits per heavy atom. The monoisotopic (exact) mass is 361 g/mol. The molecule has 3 aliphatic heterocycles. The molecule has 5 rings (SSSR count). The maximum Gasteiger partial charge on any atom is 0.163 e. The number of benzene rings is 1. The summed E-state index contributed by atoms with van der Waals surface area (Å²) in [7, 11) is 0. The Bertz CT molecular complexity index is 935. The Kier molecular flexibility index (Phi) is 4.00. The molecule has 2 aromatic rings. The van der Waals surface area contributed by atoms with Crippen LogP contribution >= 0.6 is 0 Å². The predicted molar refractivity (Wildman–Crippen MR) is 104 cm³/mol. The molecule has 0 saturated carbocycles. The molecule has 6 nitrogen and oxygen atoms in total. The summed E-state index contributed by atoms with van der Waals surface area (Å²) in [5.41, 5.74) is 7.22. The number of nitrogens with one attached hydrogen (secondary N) is 2. The van der Waals surface area contributed by atoms with Crippen LogP contribution in [0, 0.1) is 18.3 Å². The Balaban J connectivity index is 1.58. The topological polar surface area (TPSA) is 73.2 Å². The fraction of sp³-hybridized carbons (Fsp3) is 0.429. The number of hydrogen-bond acceptors (Lipinski definition) is 6. The molecule has 0 spiro atoms. The number of piperidine rings is 1. The quantitative estimate of drug-likeness (QED) is 0.857. The number of anilines is 3. The van der Waals surface area contributed by atoms with Gasteiger partial charge in [-0.1, -0.05) is 0 Å². The summed E-state index contributed by atoms with van der Waals surface area (Å²) < 4.78 is 5.88. The second-order valence-electron chi connectivity index (χ2n) is 7.63. The number of hydrogen-bond donors (Lipinski definition) is 2. The minimum Gasteiger partial charge on any atom is -0.375 e. The van der Waals surface area contributed by atoms with Gasteiger partial charge in [0.2, 0.25) is 0 Å². The Morgan fingerprint density at radius 3 is 3.19 bits per heavy atom. The summed E-state index contributed by atoms with van der Waals surface area (Å²) in [6.45, 7) is 6.46. The number of ether oxygens (including phenoxy) is 1. The summed E-state index contributed by atoms with van der Waals surface area (Å²) in [6, 6.07) is 9.15. The van der Waals surface area contributed by atoms with Gasteiger partial charge in [0.05, 0.1) is 18.9 Å². The van der Waals surface area contributed by atoms with Gasteiger partial charge in [-0.05, 0) is 49.2 Å². The Labute approximate surface area is 159 Å². The van der Waals surface area contributed by atoms with E-state index >= 15 is 0 Å². The van der Waals surface area contributed by atoms with Crippen molar-refractivity contribution in [3.05, 3.63) is 46.8 Å².